The van der Waals surface area contributed by atoms with Crippen LogP contribution in [0, 0.1) is 5.92 Å². The van der Waals surface area contributed by atoms with E-state index < -0.39 is 0 Å². The predicted molar refractivity (Wildman–Crippen MR) is 83.8 cm³/mol. The molecule has 0 radical (unpaired) electrons. The molecule has 1 atom stereocenters. The largest absolute Gasteiger partial charge is 0.496 e. The minimum absolute atomic E-state index is 0.491. The number of nitrogens with two attached hydrogens (primary N) is 1. The van der Waals surface area contributed by atoms with Crippen LogP contribution in [0.2, 0.25) is 0 Å². The summed E-state index contributed by atoms with van der Waals surface area (Å²) in [6.45, 7) is 6.47. The molecule has 0 aliphatic heterocycles. The molecule has 0 aliphatic rings. The van der Waals surface area contributed by atoms with Crippen molar-refractivity contribution < 1.29 is 9.47 Å². The molecule has 1 unspecified atom stereocenters. The van der Waals surface area contributed by atoms with Gasteiger partial charge in [0.05, 0.1) is 13.7 Å². The molecule has 1 rings (SSSR count). The minimum Gasteiger partial charge on any atom is -0.496 e. The summed E-state index contributed by atoms with van der Waals surface area (Å²) in [6.07, 6.45) is 5.01. The summed E-state index contributed by atoms with van der Waals surface area (Å²) >= 11 is 0. The molecule has 0 saturated heterocycles. The number of methoxy groups -OCH3 is 1. The monoisotopic (exact) mass is 279 g/mol. The zero-order valence-electron chi connectivity index (χ0n) is 13.2. The van der Waals surface area contributed by atoms with Gasteiger partial charge in [-0.1, -0.05) is 39.2 Å². The fourth-order valence-electron chi connectivity index (χ4n) is 2.32. The zero-order chi connectivity index (χ0) is 14.8. The van der Waals surface area contributed by atoms with Crippen molar-refractivity contribution in [3.05, 3.63) is 29.3 Å². The molecule has 20 heavy (non-hydrogen) atoms. The van der Waals surface area contributed by atoms with Gasteiger partial charge in [0.1, 0.15) is 5.75 Å². The quantitative estimate of drug-likeness (QED) is 0.706. The zero-order valence-corrected chi connectivity index (χ0v) is 13.2. The van der Waals surface area contributed by atoms with Gasteiger partial charge >= 0.3 is 0 Å². The highest BCUT2D eigenvalue weighted by atomic mass is 16.5. The molecule has 0 amide bonds. The maximum atomic E-state index is 5.86. The van der Waals surface area contributed by atoms with E-state index in [-0.39, 0.29) is 0 Å². The Morgan fingerprint density at radius 2 is 2.05 bits per heavy atom. The highest BCUT2D eigenvalue weighted by molar-refractivity contribution is 5.36. The van der Waals surface area contributed by atoms with E-state index in [0.29, 0.717) is 19.1 Å². The van der Waals surface area contributed by atoms with Gasteiger partial charge in [-0.05, 0) is 30.0 Å². The molecular formula is C17H29NO2. The first-order valence-corrected chi connectivity index (χ1v) is 7.68. The van der Waals surface area contributed by atoms with E-state index in [2.05, 4.69) is 19.9 Å². The van der Waals surface area contributed by atoms with Crippen LogP contribution >= 0.6 is 0 Å². The van der Waals surface area contributed by atoms with Gasteiger partial charge in [-0.2, -0.15) is 0 Å². The van der Waals surface area contributed by atoms with Crippen molar-refractivity contribution in [3.63, 3.8) is 0 Å². The van der Waals surface area contributed by atoms with Crippen molar-refractivity contribution in [1.29, 1.82) is 0 Å². The Kier molecular flexibility index (Phi) is 8.31. The lowest BCUT2D eigenvalue weighted by Gasteiger charge is -2.15. The highest BCUT2D eigenvalue weighted by Gasteiger charge is 2.07. The average Bonchev–Trinajstić information content (AvgIpc) is 2.50. The fraction of sp³-hybridized carbons (Fsp3) is 0.647. The second-order valence-electron chi connectivity index (χ2n) is 5.28. The summed E-state index contributed by atoms with van der Waals surface area (Å²) in [7, 11) is 1.67. The van der Waals surface area contributed by atoms with Crippen LogP contribution in [-0.4, -0.2) is 13.7 Å². The van der Waals surface area contributed by atoms with E-state index in [1.807, 2.05) is 12.1 Å². The second kappa shape index (κ2) is 9.78. The molecule has 0 fully saturated rings. The van der Waals surface area contributed by atoms with Gasteiger partial charge in [-0.15, -0.1) is 0 Å². The SMILES string of the molecule is CCCCC(CC)COCc1ccc(OC)c(CN)c1. The maximum absolute atomic E-state index is 5.86. The Hall–Kier alpha value is -1.06. The number of rotatable bonds is 10. The molecule has 0 aliphatic carbocycles. The number of hydrogen-bond acceptors (Lipinski definition) is 3. The number of hydrogen-bond donors (Lipinski definition) is 1. The average molecular weight is 279 g/mol. The number of ether oxygens (including phenoxy) is 2. The van der Waals surface area contributed by atoms with Gasteiger partial charge in [0.2, 0.25) is 0 Å². The third-order valence-electron chi connectivity index (χ3n) is 3.73. The van der Waals surface area contributed by atoms with Crippen LogP contribution in [0.3, 0.4) is 0 Å². The van der Waals surface area contributed by atoms with Crippen LogP contribution in [0.15, 0.2) is 18.2 Å². The normalized spacial score (nSPS) is 12.4. The Morgan fingerprint density at radius 1 is 1.25 bits per heavy atom. The van der Waals surface area contributed by atoms with Crippen molar-refractivity contribution in [3.8, 4) is 5.75 Å². The lowest BCUT2D eigenvalue weighted by molar-refractivity contribution is 0.0819. The van der Waals surface area contributed by atoms with Gasteiger partial charge in [-0.25, -0.2) is 0 Å². The summed E-state index contributed by atoms with van der Waals surface area (Å²) in [6, 6.07) is 6.09. The number of unbranched alkanes of at least 4 members (excludes halogenated alkanes) is 1. The molecule has 0 heterocycles. The predicted octanol–water partition coefficient (Wildman–Crippen LogP) is 3.89. The fourth-order valence-corrected chi connectivity index (χ4v) is 2.32. The molecule has 3 heteroatoms. The molecule has 0 aromatic heterocycles. The van der Waals surface area contributed by atoms with Crippen molar-refractivity contribution in [2.45, 2.75) is 52.7 Å². The molecule has 3 nitrogen and oxygen atoms in total. The summed E-state index contributed by atoms with van der Waals surface area (Å²) < 4.78 is 11.1. The van der Waals surface area contributed by atoms with Crippen molar-refractivity contribution >= 4 is 0 Å². The first kappa shape index (κ1) is 17.0. The second-order valence-corrected chi connectivity index (χ2v) is 5.28. The van der Waals surface area contributed by atoms with Crippen LogP contribution < -0.4 is 10.5 Å². The van der Waals surface area contributed by atoms with Gasteiger partial charge < -0.3 is 15.2 Å². The first-order chi connectivity index (χ1) is 9.74. The number of benzene rings is 1. The molecule has 114 valence electrons. The Bertz CT molecular complexity index is 379. The van der Waals surface area contributed by atoms with E-state index in [9.17, 15) is 0 Å². The molecule has 1 aromatic carbocycles. The van der Waals surface area contributed by atoms with Crippen LogP contribution in [0.4, 0.5) is 0 Å². The van der Waals surface area contributed by atoms with E-state index in [0.717, 1.165) is 23.5 Å². The third kappa shape index (κ3) is 5.51. The van der Waals surface area contributed by atoms with Gasteiger partial charge in [0.25, 0.3) is 0 Å². The Labute approximate surface area is 123 Å². The highest BCUT2D eigenvalue weighted by Crippen LogP contribution is 2.20. The summed E-state index contributed by atoms with van der Waals surface area (Å²) in [5.74, 6) is 1.54. The van der Waals surface area contributed by atoms with E-state index in [4.69, 9.17) is 15.2 Å². The molecule has 0 spiro atoms. The summed E-state index contributed by atoms with van der Waals surface area (Å²) in [4.78, 5) is 0. The molecule has 0 bridgehead atoms. The maximum Gasteiger partial charge on any atom is 0.123 e. The smallest absolute Gasteiger partial charge is 0.123 e. The van der Waals surface area contributed by atoms with Gasteiger partial charge in [0.15, 0.2) is 0 Å². The molecule has 1 aromatic rings. The third-order valence-corrected chi connectivity index (χ3v) is 3.73. The van der Waals surface area contributed by atoms with Crippen molar-refractivity contribution in [1.82, 2.24) is 0 Å². The minimum atomic E-state index is 0.491. The lowest BCUT2D eigenvalue weighted by Crippen LogP contribution is -2.09. The van der Waals surface area contributed by atoms with Crippen molar-refractivity contribution in [2.24, 2.45) is 11.7 Å². The standard InChI is InChI=1S/C17H29NO2/c1-4-6-7-14(5-2)12-20-13-15-8-9-17(19-3)16(10-15)11-18/h8-10,14H,4-7,11-13,18H2,1-3H3. The topological polar surface area (TPSA) is 44.5 Å². The van der Waals surface area contributed by atoms with Crippen molar-refractivity contribution in [2.75, 3.05) is 13.7 Å². The summed E-state index contributed by atoms with van der Waals surface area (Å²) in [5.41, 5.74) is 7.92. The van der Waals surface area contributed by atoms with Gasteiger partial charge in [0, 0.05) is 18.7 Å². The lowest BCUT2D eigenvalue weighted by atomic mass is 10.0. The van der Waals surface area contributed by atoms with E-state index in [1.54, 1.807) is 7.11 Å². The first-order valence-electron chi connectivity index (χ1n) is 7.68. The summed E-state index contributed by atoms with van der Waals surface area (Å²) in [5, 5.41) is 0. The molecule has 2 N–H and O–H groups in total. The Balaban J connectivity index is 2.44. The van der Waals surface area contributed by atoms with Crippen LogP contribution in [0.25, 0.3) is 0 Å². The van der Waals surface area contributed by atoms with E-state index in [1.165, 1.54) is 25.7 Å². The van der Waals surface area contributed by atoms with Gasteiger partial charge in [-0.3, -0.25) is 0 Å². The van der Waals surface area contributed by atoms with Crippen LogP contribution in [0.1, 0.15) is 50.7 Å². The van der Waals surface area contributed by atoms with Crippen LogP contribution in [-0.2, 0) is 17.9 Å². The molecule has 0 saturated carbocycles. The van der Waals surface area contributed by atoms with Crippen LogP contribution in [0.5, 0.6) is 5.75 Å². The Morgan fingerprint density at radius 3 is 2.65 bits per heavy atom. The van der Waals surface area contributed by atoms with E-state index >= 15 is 0 Å². The molecular weight excluding hydrogens is 250 g/mol.